The third kappa shape index (κ3) is 6.41. The molecule has 1 aliphatic rings. The van der Waals surface area contributed by atoms with Crippen molar-refractivity contribution in [2.45, 2.75) is 64.0 Å². The van der Waals surface area contributed by atoms with Gasteiger partial charge in [0.15, 0.2) is 5.82 Å². The van der Waals surface area contributed by atoms with Crippen molar-refractivity contribution in [1.29, 1.82) is 0 Å². The number of hydrogen-bond donors (Lipinski definition) is 2. The van der Waals surface area contributed by atoms with Gasteiger partial charge in [-0.15, -0.1) is 0 Å². The smallest absolute Gasteiger partial charge is 0.417 e. The van der Waals surface area contributed by atoms with Crippen LogP contribution < -0.4 is 5.32 Å². The number of carboxylic acid groups (broad SMARTS) is 1. The van der Waals surface area contributed by atoms with E-state index in [9.17, 15) is 22.8 Å². The number of nitrogens with zero attached hydrogens (tertiary/aromatic N) is 3. The lowest BCUT2D eigenvalue weighted by Gasteiger charge is -2.31. The summed E-state index contributed by atoms with van der Waals surface area (Å²) < 4.78 is 40.6. The van der Waals surface area contributed by atoms with E-state index in [2.05, 4.69) is 15.4 Å². The van der Waals surface area contributed by atoms with E-state index < -0.39 is 17.7 Å². The molecule has 1 unspecified atom stereocenters. The average molecular weight is 529 g/mol. The van der Waals surface area contributed by atoms with E-state index in [1.165, 1.54) is 12.5 Å². The molecule has 10 heteroatoms. The van der Waals surface area contributed by atoms with Crippen LogP contribution in [0.25, 0.3) is 5.82 Å². The minimum absolute atomic E-state index is 0.0116. The van der Waals surface area contributed by atoms with E-state index in [0.717, 1.165) is 54.8 Å². The highest BCUT2D eigenvalue weighted by atomic mass is 19.4. The van der Waals surface area contributed by atoms with Gasteiger partial charge in [0.2, 0.25) is 0 Å². The van der Waals surface area contributed by atoms with Gasteiger partial charge < -0.3 is 10.4 Å². The number of amides is 1. The first-order chi connectivity index (χ1) is 18.2. The number of carbonyl (C=O) groups excluding carboxylic acids is 1. The highest BCUT2D eigenvalue weighted by Crippen LogP contribution is 2.42. The second kappa shape index (κ2) is 11.8. The summed E-state index contributed by atoms with van der Waals surface area (Å²) in [5, 5.41) is 16.1. The van der Waals surface area contributed by atoms with Crippen molar-refractivity contribution in [2.24, 2.45) is 5.92 Å². The van der Waals surface area contributed by atoms with Gasteiger partial charge in [0, 0.05) is 36.0 Å². The Morgan fingerprint density at radius 3 is 2.39 bits per heavy atom. The maximum Gasteiger partial charge on any atom is 0.417 e. The van der Waals surface area contributed by atoms with Gasteiger partial charge in [-0.2, -0.15) is 18.3 Å². The normalized spacial score (nSPS) is 15.3. The van der Waals surface area contributed by atoms with Crippen LogP contribution in [0.2, 0.25) is 0 Å². The fraction of sp³-hybridized carbons (Fsp3) is 0.429. The molecule has 0 bridgehead atoms. The number of pyridine rings is 1. The number of rotatable bonds is 9. The Morgan fingerprint density at radius 2 is 1.82 bits per heavy atom. The lowest BCUT2D eigenvalue weighted by molar-refractivity contribution is -0.138. The van der Waals surface area contributed by atoms with Crippen LogP contribution in [0.15, 0.2) is 48.8 Å². The number of nitrogens with one attached hydrogen (secondary N) is 1. The summed E-state index contributed by atoms with van der Waals surface area (Å²) in [5.41, 5.74) is 2.55. The zero-order valence-electron chi connectivity index (χ0n) is 21.2. The number of aliphatic carboxylic acids is 1. The summed E-state index contributed by atoms with van der Waals surface area (Å²) in [4.78, 5) is 27.2. The predicted molar refractivity (Wildman–Crippen MR) is 135 cm³/mol. The molecule has 7 nitrogen and oxygen atoms in total. The summed E-state index contributed by atoms with van der Waals surface area (Å²) in [5.74, 6) is -0.619. The van der Waals surface area contributed by atoms with Crippen LogP contribution in [0.5, 0.6) is 0 Å². The molecule has 2 aromatic heterocycles. The number of carbonyl (C=O) groups is 2. The molecule has 38 heavy (non-hydrogen) atoms. The topological polar surface area (TPSA) is 97.1 Å². The minimum Gasteiger partial charge on any atom is -0.481 e. The van der Waals surface area contributed by atoms with Crippen molar-refractivity contribution in [3.8, 4) is 5.82 Å². The number of alkyl halides is 3. The standard InChI is InChI=1S/C28H31F3N4O3/c1-2-23-22(17-35(34-23)24-13-12-21(16-33-24)28(29,30)31)26(18-6-4-3-5-7-18)19-8-10-20(11-9-19)27(38)32-15-14-25(36)37/h8-13,16-18,26H,2-7,14-15H2,1H3,(H,32,38)(H,36,37). The highest BCUT2D eigenvalue weighted by molar-refractivity contribution is 5.94. The Morgan fingerprint density at radius 1 is 1.11 bits per heavy atom. The zero-order valence-corrected chi connectivity index (χ0v) is 21.2. The van der Waals surface area contributed by atoms with Crippen molar-refractivity contribution in [3.63, 3.8) is 0 Å². The van der Waals surface area contributed by atoms with Gasteiger partial charge in [0.05, 0.1) is 17.7 Å². The van der Waals surface area contributed by atoms with Crippen molar-refractivity contribution < 1.29 is 27.9 Å². The van der Waals surface area contributed by atoms with Crippen LogP contribution in [-0.2, 0) is 17.4 Å². The molecule has 202 valence electrons. The lowest BCUT2D eigenvalue weighted by Crippen LogP contribution is -2.26. The van der Waals surface area contributed by atoms with Gasteiger partial charge in [-0.05, 0) is 55.0 Å². The lowest BCUT2D eigenvalue weighted by atomic mass is 9.73. The van der Waals surface area contributed by atoms with Gasteiger partial charge in [0.25, 0.3) is 5.91 Å². The molecule has 4 rings (SSSR count). The fourth-order valence-electron chi connectivity index (χ4n) is 5.16. The molecule has 0 spiro atoms. The number of carboxylic acids is 1. The molecule has 1 atom stereocenters. The van der Waals surface area contributed by atoms with E-state index in [-0.39, 0.29) is 24.8 Å². The molecule has 0 radical (unpaired) electrons. The van der Waals surface area contributed by atoms with Crippen LogP contribution in [0.4, 0.5) is 13.2 Å². The van der Waals surface area contributed by atoms with Crippen molar-refractivity contribution in [2.75, 3.05) is 6.54 Å². The Kier molecular flexibility index (Phi) is 8.48. The van der Waals surface area contributed by atoms with Crippen molar-refractivity contribution in [3.05, 3.63) is 76.7 Å². The predicted octanol–water partition coefficient (Wildman–Crippen LogP) is 5.77. The largest absolute Gasteiger partial charge is 0.481 e. The van der Waals surface area contributed by atoms with E-state index in [0.29, 0.717) is 23.7 Å². The minimum atomic E-state index is -4.46. The highest BCUT2D eigenvalue weighted by Gasteiger charge is 2.32. The number of aromatic nitrogens is 3. The Balaban J connectivity index is 1.65. The van der Waals surface area contributed by atoms with Crippen LogP contribution in [-0.4, -0.2) is 38.3 Å². The zero-order chi connectivity index (χ0) is 27.3. The first kappa shape index (κ1) is 27.3. The first-order valence-corrected chi connectivity index (χ1v) is 12.9. The quantitative estimate of drug-likeness (QED) is 0.368. The van der Waals surface area contributed by atoms with Crippen LogP contribution in [0.3, 0.4) is 0 Å². The summed E-state index contributed by atoms with van der Waals surface area (Å²) in [6.07, 6.45) is 4.28. The maximum absolute atomic E-state index is 13.0. The number of halogens is 3. The average Bonchev–Trinajstić information content (AvgIpc) is 3.33. The van der Waals surface area contributed by atoms with E-state index >= 15 is 0 Å². The second-order valence-corrected chi connectivity index (χ2v) is 9.63. The van der Waals surface area contributed by atoms with E-state index in [1.807, 2.05) is 25.3 Å². The van der Waals surface area contributed by atoms with Gasteiger partial charge >= 0.3 is 12.1 Å². The molecule has 0 saturated heterocycles. The molecule has 0 aliphatic heterocycles. The molecule has 1 fully saturated rings. The number of aryl methyl sites for hydroxylation is 1. The van der Waals surface area contributed by atoms with E-state index in [4.69, 9.17) is 5.11 Å². The third-order valence-corrected chi connectivity index (χ3v) is 7.08. The van der Waals surface area contributed by atoms with Gasteiger partial charge in [-0.1, -0.05) is 38.3 Å². The van der Waals surface area contributed by atoms with Crippen molar-refractivity contribution in [1.82, 2.24) is 20.1 Å². The third-order valence-electron chi connectivity index (χ3n) is 7.08. The van der Waals surface area contributed by atoms with Crippen LogP contribution in [0.1, 0.15) is 84.1 Å². The molecule has 3 aromatic rings. The van der Waals surface area contributed by atoms with Gasteiger partial charge in [0.1, 0.15) is 0 Å². The first-order valence-electron chi connectivity index (χ1n) is 12.9. The van der Waals surface area contributed by atoms with E-state index in [1.54, 1.807) is 16.8 Å². The second-order valence-electron chi connectivity index (χ2n) is 9.63. The Bertz CT molecular complexity index is 1250. The molecule has 1 saturated carbocycles. The summed E-state index contributed by atoms with van der Waals surface area (Å²) in [6.45, 7) is 2.05. The molecule has 1 amide bonds. The van der Waals surface area contributed by atoms with Crippen LogP contribution >= 0.6 is 0 Å². The molecular weight excluding hydrogens is 497 g/mol. The molecule has 2 heterocycles. The summed E-state index contributed by atoms with van der Waals surface area (Å²) in [6, 6.07) is 9.68. The Hall–Kier alpha value is -3.69. The monoisotopic (exact) mass is 528 g/mol. The molecule has 1 aliphatic carbocycles. The molecular formula is C28H31F3N4O3. The summed E-state index contributed by atoms with van der Waals surface area (Å²) in [7, 11) is 0. The van der Waals surface area contributed by atoms with Gasteiger partial charge in [-0.25, -0.2) is 9.67 Å². The van der Waals surface area contributed by atoms with Crippen LogP contribution in [0, 0.1) is 5.92 Å². The van der Waals surface area contributed by atoms with Crippen molar-refractivity contribution >= 4 is 11.9 Å². The number of benzene rings is 1. The summed E-state index contributed by atoms with van der Waals surface area (Å²) >= 11 is 0. The number of hydrogen-bond acceptors (Lipinski definition) is 4. The molecule has 1 aromatic carbocycles. The molecule has 2 N–H and O–H groups in total. The maximum atomic E-state index is 13.0. The Labute approximate surface area is 219 Å². The van der Waals surface area contributed by atoms with Gasteiger partial charge in [-0.3, -0.25) is 9.59 Å². The fourth-order valence-corrected chi connectivity index (χ4v) is 5.16. The SMILES string of the molecule is CCc1nn(-c2ccc(C(F)(F)F)cn2)cc1C(c1ccc(C(=O)NCCC(=O)O)cc1)C1CCCCC1.